The van der Waals surface area contributed by atoms with Crippen molar-refractivity contribution in [3.63, 3.8) is 0 Å². The summed E-state index contributed by atoms with van der Waals surface area (Å²) in [5, 5.41) is 10.7. The molecule has 4 nitrogen and oxygen atoms in total. The number of halogens is 1. The smallest absolute Gasteiger partial charge is 0.254 e. The van der Waals surface area contributed by atoms with Gasteiger partial charge in [-0.3, -0.25) is 4.79 Å². The number of nitrogens with zero attached hydrogens (tertiary/aromatic N) is 1. The third-order valence-electron chi connectivity index (χ3n) is 4.90. The van der Waals surface area contributed by atoms with E-state index in [0.717, 1.165) is 17.3 Å². The molecule has 1 aliphatic heterocycles. The molecule has 1 aromatic heterocycles. The number of benzene rings is 2. The second-order valence-electron chi connectivity index (χ2n) is 6.45. The molecule has 2 aromatic carbocycles. The van der Waals surface area contributed by atoms with Crippen molar-refractivity contribution >= 4 is 32.8 Å². The zero-order chi connectivity index (χ0) is 17.4. The fourth-order valence-corrected chi connectivity index (χ4v) is 3.95. The monoisotopic (exact) mass is 399 g/mol. The molecule has 1 N–H and O–H groups in total. The average molecular weight is 400 g/mol. The number of carbonyl (C=O) groups excluding carboxylic acids is 1. The van der Waals surface area contributed by atoms with Crippen LogP contribution in [0.25, 0.3) is 11.0 Å². The largest absolute Gasteiger partial charge is 0.507 e. The first kappa shape index (κ1) is 16.2. The average Bonchev–Trinajstić information content (AvgIpc) is 3.10. The Bertz CT molecular complexity index is 926. The molecule has 5 heteroatoms. The highest BCUT2D eigenvalue weighted by atomic mass is 79.9. The molecular weight excluding hydrogens is 382 g/mol. The van der Waals surface area contributed by atoms with Gasteiger partial charge in [0.25, 0.3) is 5.91 Å². The van der Waals surface area contributed by atoms with Gasteiger partial charge in [-0.05, 0) is 54.7 Å². The molecule has 1 saturated heterocycles. The first-order valence-corrected chi connectivity index (χ1v) is 9.16. The van der Waals surface area contributed by atoms with Gasteiger partial charge in [0, 0.05) is 23.1 Å². The summed E-state index contributed by atoms with van der Waals surface area (Å²) in [6.45, 7) is 1.43. The minimum absolute atomic E-state index is 0.0544. The molecule has 1 fully saturated rings. The molecular formula is C20H18BrNO3. The Morgan fingerprint density at radius 1 is 1.16 bits per heavy atom. The van der Waals surface area contributed by atoms with Gasteiger partial charge in [-0.25, -0.2) is 0 Å². The molecule has 2 heterocycles. The highest BCUT2D eigenvalue weighted by Crippen LogP contribution is 2.32. The Labute approximate surface area is 154 Å². The number of piperidine rings is 1. The maximum absolute atomic E-state index is 12.8. The van der Waals surface area contributed by atoms with E-state index in [-0.39, 0.29) is 11.7 Å². The normalized spacial score (nSPS) is 15.6. The third kappa shape index (κ3) is 3.16. The molecule has 0 bridgehead atoms. The summed E-state index contributed by atoms with van der Waals surface area (Å²) in [7, 11) is 0. The molecule has 1 aliphatic rings. The van der Waals surface area contributed by atoms with Crippen LogP contribution in [0.5, 0.6) is 5.75 Å². The zero-order valence-electron chi connectivity index (χ0n) is 13.6. The molecule has 1 amide bonds. The quantitative estimate of drug-likeness (QED) is 0.664. The number of phenolic OH excluding ortho intramolecular Hbond substituents is 1. The first-order chi connectivity index (χ1) is 12.1. The Balaban J connectivity index is 1.49. The molecule has 0 atom stereocenters. The zero-order valence-corrected chi connectivity index (χ0v) is 15.2. The fourth-order valence-electron chi connectivity index (χ4n) is 3.53. The Kier molecular flexibility index (Phi) is 4.25. The molecule has 128 valence electrons. The van der Waals surface area contributed by atoms with Crippen molar-refractivity contribution < 1.29 is 14.3 Å². The topological polar surface area (TPSA) is 53.7 Å². The number of hydrogen-bond acceptors (Lipinski definition) is 3. The highest BCUT2D eigenvalue weighted by Gasteiger charge is 2.25. The second-order valence-corrected chi connectivity index (χ2v) is 7.36. The molecule has 0 unspecified atom stereocenters. The van der Waals surface area contributed by atoms with Crippen LogP contribution in [0, 0.1) is 0 Å². The van der Waals surface area contributed by atoms with E-state index in [9.17, 15) is 9.90 Å². The van der Waals surface area contributed by atoms with Crippen LogP contribution in [-0.4, -0.2) is 29.0 Å². The summed E-state index contributed by atoms with van der Waals surface area (Å²) in [5.41, 5.74) is 2.32. The lowest BCUT2D eigenvalue weighted by molar-refractivity contribution is 0.0712. The van der Waals surface area contributed by atoms with Gasteiger partial charge >= 0.3 is 0 Å². The van der Waals surface area contributed by atoms with Gasteiger partial charge in [0.2, 0.25) is 0 Å². The van der Waals surface area contributed by atoms with Crippen molar-refractivity contribution in [2.24, 2.45) is 0 Å². The van der Waals surface area contributed by atoms with Crippen LogP contribution in [0.15, 0.2) is 57.6 Å². The number of rotatable bonds is 2. The summed E-state index contributed by atoms with van der Waals surface area (Å²) < 4.78 is 6.42. The number of amides is 1. The molecule has 25 heavy (non-hydrogen) atoms. The van der Waals surface area contributed by atoms with Crippen LogP contribution >= 0.6 is 15.9 Å². The lowest BCUT2D eigenvalue weighted by Crippen LogP contribution is -2.37. The summed E-state index contributed by atoms with van der Waals surface area (Å²) >= 11 is 3.52. The van der Waals surface area contributed by atoms with Crippen LogP contribution < -0.4 is 0 Å². The summed E-state index contributed by atoms with van der Waals surface area (Å²) in [4.78, 5) is 14.6. The summed E-state index contributed by atoms with van der Waals surface area (Å²) in [6.07, 6.45) is 3.40. The van der Waals surface area contributed by atoms with E-state index in [4.69, 9.17) is 4.42 Å². The number of likely N-dealkylation sites (tertiary alicyclic amines) is 1. The van der Waals surface area contributed by atoms with E-state index in [1.165, 1.54) is 17.9 Å². The van der Waals surface area contributed by atoms with Crippen molar-refractivity contribution in [2.75, 3.05) is 13.1 Å². The van der Waals surface area contributed by atoms with E-state index in [0.29, 0.717) is 35.5 Å². The van der Waals surface area contributed by atoms with Crippen LogP contribution in [0.2, 0.25) is 0 Å². The maximum Gasteiger partial charge on any atom is 0.254 e. The van der Waals surface area contributed by atoms with Crippen LogP contribution in [0.3, 0.4) is 0 Å². The minimum Gasteiger partial charge on any atom is -0.507 e. The number of aromatic hydroxyl groups is 1. The number of phenols is 1. The maximum atomic E-state index is 12.8. The third-order valence-corrected chi connectivity index (χ3v) is 5.39. The van der Waals surface area contributed by atoms with Crippen molar-refractivity contribution in [1.29, 1.82) is 0 Å². The molecule has 0 spiro atoms. The minimum atomic E-state index is -0.0544. The van der Waals surface area contributed by atoms with Gasteiger partial charge in [0.15, 0.2) is 0 Å². The summed E-state index contributed by atoms with van der Waals surface area (Å²) in [5.74, 6) is 0.502. The SMILES string of the molecule is O=C(c1cc(O)c2ccoc2c1)N1CCC(c2cccc(Br)c2)CC1. The van der Waals surface area contributed by atoms with Gasteiger partial charge in [0.05, 0.1) is 11.6 Å². The van der Waals surface area contributed by atoms with Gasteiger partial charge in [-0.15, -0.1) is 0 Å². The predicted molar refractivity (Wildman–Crippen MR) is 99.9 cm³/mol. The molecule has 3 aromatic rings. The van der Waals surface area contributed by atoms with E-state index < -0.39 is 0 Å². The Morgan fingerprint density at radius 2 is 1.96 bits per heavy atom. The van der Waals surface area contributed by atoms with Gasteiger partial charge in [-0.2, -0.15) is 0 Å². The van der Waals surface area contributed by atoms with Crippen molar-refractivity contribution in [1.82, 2.24) is 4.90 Å². The van der Waals surface area contributed by atoms with E-state index in [1.807, 2.05) is 11.0 Å². The van der Waals surface area contributed by atoms with E-state index >= 15 is 0 Å². The van der Waals surface area contributed by atoms with Gasteiger partial charge in [-0.1, -0.05) is 28.1 Å². The van der Waals surface area contributed by atoms with Gasteiger partial charge in [0.1, 0.15) is 11.3 Å². The van der Waals surface area contributed by atoms with E-state index in [1.54, 1.807) is 12.1 Å². The predicted octanol–water partition coefficient (Wildman–Crippen LogP) is 4.92. The molecule has 0 saturated carbocycles. The Hall–Kier alpha value is -2.27. The van der Waals surface area contributed by atoms with Crippen molar-refractivity contribution in [2.45, 2.75) is 18.8 Å². The lowest BCUT2D eigenvalue weighted by atomic mass is 9.89. The number of hydrogen-bond donors (Lipinski definition) is 1. The molecule has 4 rings (SSSR count). The molecule has 0 aliphatic carbocycles. The van der Waals surface area contributed by atoms with E-state index in [2.05, 4.69) is 34.1 Å². The van der Waals surface area contributed by atoms with Gasteiger partial charge < -0.3 is 14.4 Å². The van der Waals surface area contributed by atoms with Crippen molar-refractivity contribution in [3.05, 3.63) is 64.3 Å². The standard InChI is InChI=1S/C20H18BrNO3/c21-16-3-1-2-14(10-16)13-4-7-22(8-5-13)20(24)15-11-18(23)17-6-9-25-19(17)12-15/h1-3,6,9-13,23H,4-5,7-8H2. The Morgan fingerprint density at radius 3 is 2.72 bits per heavy atom. The lowest BCUT2D eigenvalue weighted by Gasteiger charge is -2.32. The number of furan rings is 1. The fraction of sp³-hybridized carbons (Fsp3) is 0.250. The number of fused-ring (bicyclic) bond motifs is 1. The molecule has 0 radical (unpaired) electrons. The summed E-state index contributed by atoms with van der Waals surface area (Å²) in [6, 6.07) is 13.3. The van der Waals surface area contributed by atoms with Crippen LogP contribution in [0.1, 0.15) is 34.7 Å². The van der Waals surface area contributed by atoms with Crippen LogP contribution in [-0.2, 0) is 0 Å². The van der Waals surface area contributed by atoms with Crippen LogP contribution in [0.4, 0.5) is 0 Å². The number of carbonyl (C=O) groups is 1. The van der Waals surface area contributed by atoms with Crippen molar-refractivity contribution in [3.8, 4) is 5.75 Å². The highest BCUT2D eigenvalue weighted by molar-refractivity contribution is 9.10. The second kappa shape index (κ2) is 6.56. The first-order valence-electron chi connectivity index (χ1n) is 8.37.